The maximum atomic E-state index is 12.5. The van der Waals surface area contributed by atoms with Gasteiger partial charge in [-0.25, -0.2) is 0 Å². The standard InChI is InChI=1S/C23H31NO2/c1-7-18-10-8-9-11-21(18)26-17(3)22(25)24-16(2)19-12-14-20(15-13-19)23(4,5)6/h8-17H,7H2,1-6H3,(H,24,25)/t16-,17+/m0/s1. The molecular weight excluding hydrogens is 322 g/mol. The molecule has 0 aliphatic rings. The van der Waals surface area contributed by atoms with E-state index in [9.17, 15) is 4.79 Å². The summed E-state index contributed by atoms with van der Waals surface area (Å²) >= 11 is 0. The average molecular weight is 354 g/mol. The van der Waals surface area contributed by atoms with E-state index in [4.69, 9.17) is 4.74 Å². The van der Waals surface area contributed by atoms with Crippen molar-refractivity contribution in [1.82, 2.24) is 5.32 Å². The van der Waals surface area contributed by atoms with Crippen LogP contribution in [0, 0.1) is 0 Å². The van der Waals surface area contributed by atoms with Gasteiger partial charge in [-0.1, -0.05) is 70.2 Å². The molecule has 0 fully saturated rings. The van der Waals surface area contributed by atoms with Gasteiger partial charge in [0.25, 0.3) is 5.91 Å². The maximum absolute atomic E-state index is 12.5. The van der Waals surface area contributed by atoms with Crippen LogP contribution in [0.3, 0.4) is 0 Å². The van der Waals surface area contributed by atoms with Crippen molar-refractivity contribution in [3.05, 3.63) is 65.2 Å². The van der Waals surface area contributed by atoms with Crippen molar-refractivity contribution < 1.29 is 9.53 Å². The molecule has 0 unspecified atom stereocenters. The fraction of sp³-hybridized carbons (Fsp3) is 0.435. The summed E-state index contributed by atoms with van der Waals surface area (Å²) in [6.45, 7) is 12.4. The fourth-order valence-corrected chi connectivity index (χ4v) is 2.84. The molecule has 1 N–H and O–H groups in total. The van der Waals surface area contributed by atoms with Crippen LogP contribution in [0.1, 0.15) is 64.3 Å². The molecule has 1 amide bonds. The highest BCUT2D eigenvalue weighted by Crippen LogP contribution is 2.24. The average Bonchev–Trinajstić information content (AvgIpc) is 2.61. The first-order chi connectivity index (χ1) is 12.2. The second-order valence-corrected chi connectivity index (χ2v) is 7.82. The van der Waals surface area contributed by atoms with E-state index < -0.39 is 6.10 Å². The molecule has 26 heavy (non-hydrogen) atoms. The third-order valence-electron chi connectivity index (χ3n) is 4.66. The minimum atomic E-state index is -0.543. The molecule has 2 rings (SSSR count). The molecule has 0 aliphatic heterocycles. The lowest BCUT2D eigenvalue weighted by Crippen LogP contribution is -2.37. The topological polar surface area (TPSA) is 38.3 Å². The quantitative estimate of drug-likeness (QED) is 0.776. The molecular formula is C23H31NO2. The number of para-hydroxylation sites is 1. The van der Waals surface area contributed by atoms with Crippen molar-refractivity contribution in [2.24, 2.45) is 0 Å². The van der Waals surface area contributed by atoms with Gasteiger partial charge < -0.3 is 10.1 Å². The number of carbonyl (C=O) groups is 1. The number of benzene rings is 2. The third kappa shape index (κ3) is 5.10. The van der Waals surface area contributed by atoms with Gasteiger partial charge in [0.05, 0.1) is 6.04 Å². The molecule has 0 aromatic heterocycles. The smallest absolute Gasteiger partial charge is 0.261 e. The van der Waals surface area contributed by atoms with Crippen molar-refractivity contribution >= 4 is 5.91 Å². The van der Waals surface area contributed by atoms with Crippen molar-refractivity contribution in [2.45, 2.75) is 65.5 Å². The van der Waals surface area contributed by atoms with Crippen LogP contribution < -0.4 is 10.1 Å². The van der Waals surface area contributed by atoms with E-state index in [1.165, 1.54) is 5.56 Å². The first kappa shape index (κ1) is 20.0. The Morgan fingerprint density at radius 3 is 2.23 bits per heavy atom. The lowest BCUT2D eigenvalue weighted by molar-refractivity contribution is -0.127. The Morgan fingerprint density at radius 2 is 1.65 bits per heavy atom. The zero-order chi connectivity index (χ0) is 19.3. The highest BCUT2D eigenvalue weighted by Gasteiger charge is 2.19. The zero-order valence-corrected chi connectivity index (χ0v) is 16.8. The van der Waals surface area contributed by atoms with Crippen LogP contribution in [-0.4, -0.2) is 12.0 Å². The van der Waals surface area contributed by atoms with Crippen molar-refractivity contribution in [1.29, 1.82) is 0 Å². The molecule has 2 aromatic rings. The summed E-state index contributed by atoms with van der Waals surface area (Å²) < 4.78 is 5.89. The number of ether oxygens (including phenoxy) is 1. The Hall–Kier alpha value is -2.29. The van der Waals surface area contributed by atoms with Gasteiger partial charge in [0.15, 0.2) is 6.10 Å². The van der Waals surface area contributed by atoms with E-state index in [0.29, 0.717) is 0 Å². The fourth-order valence-electron chi connectivity index (χ4n) is 2.84. The molecule has 2 aromatic carbocycles. The number of amides is 1. The van der Waals surface area contributed by atoms with Crippen molar-refractivity contribution in [3.63, 3.8) is 0 Å². The lowest BCUT2D eigenvalue weighted by Gasteiger charge is -2.22. The summed E-state index contributed by atoms with van der Waals surface area (Å²) in [7, 11) is 0. The normalized spacial score (nSPS) is 13.8. The van der Waals surface area contributed by atoms with E-state index in [-0.39, 0.29) is 17.4 Å². The maximum Gasteiger partial charge on any atom is 0.261 e. The Labute approximate surface area is 157 Å². The van der Waals surface area contributed by atoms with Crippen LogP contribution in [0.15, 0.2) is 48.5 Å². The minimum Gasteiger partial charge on any atom is -0.481 e. The van der Waals surface area contributed by atoms with Gasteiger partial charge >= 0.3 is 0 Å². The second kappa shape index (κ2) is 8.39. The summed E-state index contributed by atoms with van der Waals surface area (Å²) in [5.41, 5.74) is 3.61. The Kier molecular flexibility index (Phi) is 6.47. The van der Waals surface area contributed by atoms with Gasteiger partial charge in [-0.2, -0.15) is 0 Å². The minimum absolute atomic E-state index is 0.0658. The summed E-state index contributed by atoms with van der Waals surface area (Å²) in [4.78, 5) is 12.5. The molecule has 0 bridgehead atoms. The third-order valence-corrected chi connectivity index (χ3v) is 4.66. The van der Waals surface area contributed by atoms with E-state index >= 15 is 0 Å². The van der Waals surface area contributed by atoms with E-state index in [0.717, 1.165) is 23.3 Å². The number of carbonyl (C=O) groups excluding carboxylic acids is 1. The first-order valence-electron chi connectivity index (χ1n) is 9.37. The molecule has 0 saturated heterocycles. The van der Waals surface area contributed by atoms with Crippen molar-refractivity contribution in [3.8, 4) is 5.75 Å². The number of rotatable bonds is 6. The number of aryl methyl sites for hydroxylation is 1. The van der Waals surface area contributed by atoms with Crippen LogP contribution >= 0.6 is 0 Å². The molecule has 0 aliphatic carbocycles. The van der Waals surface area contributed by atoms with E-state index in [1.807, 2.05) is 31.2 Å². The van der Waals surface area contributed by atoms with Gasteiger partial charge in [-0.15, -0.1) is 0 Å². The second-order valence-electron chi connectivity index (χ2n) is 7.82. The summed E-state index contributed by atoms with van der Waals surface area (Å²) in [6.07, 6.45) is 0.333. The van der Waals surface area contributed by atoms with Gasteiger partial charge in [0.2, 0.25) is 0 Å². The number of hydrogen-bond donors (Lipinski definition) is 1. The molecule has 0 saturated carbocycles. The summed E-state index contributed by atoms with van der Waals surface area (Å²) in [6, 6.07) is 16.2. The van der Waals surface area contributed by atoms with Crippen LogP contribution in [0.5, 0.6) is 5.75 Å². The Bertz CT molecular complexity index is 729. The van der Waals surface area contributed by atoms with Gasteiger partial charge in [0, 0.05) is 0 Å². The predicted octanol–water partition coefficient (Wildman–Crippen LogP) is 5.19. The molecule has 0 radical (unpaired) electrons. The van der Waals surface area contributed by atoms with Gasteiger partial charge in [-0.3, -0.25) is 4.79 Å². The largest absolute Gasteiger partial charge is 0.481 e. The summed E-state index contributed by atoms with van der Waals surface area (Å²) in [5.74, 6) is 0.670. The van der Waals surface area contributed by atoms with Crippen LogP contribution in [0.2, 0.25) is 0 Å². The SMILES string of the molecule is CCc1ccccc1O[C@H](C)C(=O)N[C@@H](C)c1ccc(C(C)(C)C)cc1. The van der Waals surface area contributed by atoms with Gasteiger partial charge in [0.1, 0.15) is 5.75 Å². The monoisotopic (exact) mass is 353 g/mol. The van der Waals surface area contributed by atoms with Gasteiger partial charge in [-0.05, 0) is 48.4 Å². The zero-order valence-electron chi connectivity index (χ0n) is 16.8. The highest BCUT2D eigenvalue weighted by molar-refractivity contribution is 5.81. The van der Waals surface area contributed by atoms with Crippen molar-refractivity contribution in [2.75, 3.05) is 0 Å². The van der Waals surface area contributed by atoms with Crippen LogP contribution in [-0.2, 0) is 16.6 Å². The van der Waals surface area contributed by atoms with E-state index in [1.54, 1.807) is 6.92 Å². The van der Waals surface area contributed by atoms with Crippen LogP contribution in [0.25, 0.3) is 0 Å². The molecule has 0 heterocycles. The predicted molar refractivity (Wildman–Crippen MR) is 108 cm³/mol. The Morgan fingerprint density at radius 1 is 1.04 bits per heavy atom. The molecule has 2 atom stereocenters. The van der Waals surface area contributed by atoms with Crippen LogP contribution in [0.4, 0.5) is 0 Å². The summed E-state index contributed by atoms with van der Waals surface area (Å²) in [5, 5.41) is 3.05. The molecule has 140 valence electrons. The molecule has 3 nitrogen and oxygen atoms in total. The first-order valence-corrected chi connectivity index (χ1v) is 9.37. The number of nitrogens with one attached hydrogen (secondary N) is 1. The molecule has 0 spiro atoms. The lowest BCUT2D eigenvalue weighted by atomic mass is 9.86. The number of hydrogen-bond acceptors (Lipinski definition) is 2. The molecule has 3 heteroatoms. The van der Waals surface area contributed by atoms with E-state index in [2.05, 4.69) is 57.3 Å². The Balaban J connectivity index is 1.99. The highest BCUT2D eigenvalue weighted by atomic mass is 16.5.